The van der Waals surface area contributed by atoms with E-state index in [2.05, 4.69) is 34.3 Å². The van der Waals surface area contributed by atoms with Gasteiger partial charge < -0.3 is 4.90 Å². The van der Waals surface area contributed by atoms with E-state index in [0.29, 0.717) is 0 Å². The molecule has 0 bridgehead atoms. The van der Waals surface area contributed by atoms with Gasteiger partial charge in [-0.1, -0.05) is 17.4 Å². The summed E-state index contributed by atoms with van der Waals surface area (Å²) in [6.45, 7) is 5.43. The largest absolute Gasteiger partial charge is 0.343 e. The lowest BCUT2D eigenvalue weighted by atomic mass is 10.4. The van der Waals surface area contributed by atoms with Crippen LogP contribution >= 0.6 is 22.7 Å². The molecular formula is C12H14N2OS2. The van der Waals surface area contributed by atoms with E-state index in [9.17, 15) is 4.79 Å². The molecule has 2 aromatic heterocycles. The molecule has 0 saturated heterocycles. The smallest absolute Gasteiger partial charge is 0.186 e. The second-order valence-electron chi connectivity index (χ2n) is 3.66. The molecule has 0 N–H and O–H groups in total. The van der Waals surface area contributed by atoms with E-state index in [0.717, 1.165) is 23.1 Å². The third-order valence-corrected chi connectivity index (χ3v) is 4.44. The molecule has 0 radical (unpaired) electrons. The lowest BCUT2D eigenvalue weighted by Crippen LogP contribution is -2.21. The maximum absolute atomic E-state index is 11.2. The minimum Gasteiger partial charge on any atom is -0.343 e. The van der Waals surface area contributed by atoms with Crippen molar-refractivity contribution in [1.29, 1.82) is 0 Å². The number of Topliss-reactive ketones (excluding diaryl/α,β-unsaturated/α-hetero) is 1. The van der Waals surface area contributed by atoms with Gasteiger partial charge in [-0.25, -0.2) is 4.98 Å². The Hall–Kier alpha value is -1.20. The van der Waals surface area contributed by atoms with E-state index in [4.69, 9.17) is 0 Å². The number of nitrogens with zero attached hydrogens (tertiary/aromatic N) is 2. The van der Waals surface area contributed by atoms with Crippen LogP contribution in [0.4, 0.5) is 5.13 Å². The number of anilines is 1. The molecule has 0 aliphatic rings. The van der Waals surface area contributed by atoms with E-state index >= 15 is 0 Å². The van der Waals surface area contributed by atoms with Crippen LogP contribution in [0.25, 0.3) is 0 Å². The van der Waals surface area contributed by atoms with Gasteiger partial charge in [0.05, 0.1) is 17.6 Å². The molecule has 0 spiro atoms. The normalized spacial score (nSPS) is 10.5. The van der Waals surface area contributed by atoms with Crippen LogP contribution in [0.3, 0.4) is 0 Å². The van der Waals surface area contributed by atoms with Crippen LogP contribution in [-0.4, -0.2) is 17.3 Å². The number of hydrogen-bond acceptors (Lipinski definition) is 5. The van der Waals surface area contributed by atoms with Crippen molar-refractivity contribution in [3.8, 4) is 0 Å². The molecule has 0 aliphatic carbocycles. The minimum atomic E-state index is 0.0842. The summed E-state index contributed by atoms with van der Waals surface area (Å²) in [5, 5.41) is 3.00. The third-order valence-electron chi connectivity index (χ3n) is 2.42. The van der Waals surface area contributed by atoms with Crippen molar-refractivity contribution in [2.45, 2.75) is 20.4 Å². The Morgan fingerprint density at radius 1 is 1.53 bits per heavy atom. The van der Waals surface area contributed by atoms with Gasteiger partial charge in [-0.3, -0.25) is 4.79 Å². The zero-order valence-corrected chi connectivity index (χ0v) is 11.5. The summed E-state index contributed by atoms with van der Waals surface area (Å²) < 4.78 is 0. The highest BCUT2D eigenvalue weighted by Crippen LogP contribution is 2.25. The van der Waals surface area contributed by atoms with E-state index in [1.54, 1.807) is 24.5 Å². The fraction of sp³-hybridized carbons (Fsp3) is 0.333. The lowest BCUT2D eigenvalue weighted by molar-refractivity contribution is 0.102. The molecule has 2 aromatic rings. The summed E-state index contributed by atoms with van der Waals surface area (Å²) in [6, 6.07) is 4.17. The maximum Gasteiger partial charge on any atom is 0.186 e. The standard InChI is InChI=1S/C12H14N2OS2/c1-3-14(8-10-5-4-6-16-10)12-13-7-11(17-12)9(2)15/h4-7H,3,8H2,1-2H3. The number of rotatable bonds is 5. The predicted octanol–water partition coefficient (Wildman–Crippen LogP) is 3.43. The minimum absolute atomic E-state index is 0.0842. The first kappa shape index (κ1) is 12.3. The summed E-state index contributed by atoms with van der Waals surface area (Å²) in [5.74, 6) is 0.0842. The molecule has 2 rings (SSSR count). The van der Waals surface area contributed by atoms with Gasteiger partial charge in [0, 0.05) is 18.3 Å². The molecule has 5 heteroatoms. The zero-order valence-electron chi connectivity index (χ0n) is 9.84. The van der Waals surface area contributed by atoms with Crippen molar-refractivity contribution in [2.24, 2.45) is 0 Å². The Kier molecular flexibility index (Phi) is 3.91. The van der Waals surface area contributed by atoms with Crippen LogP contribution in [0.2, 0.25) is 0 Å². The Bertz CT molecular complexity index is 490. The Balaban J connectivity index is 2.14. The zero-order chi connectivity index (χ0) is 12.3. The second kappa shape index (κ2) is 5.42. The fourth-order valence-corrected chi connectivity index (χ4v) is 3.07. The SMILES string of the molecule is CCN(Cc1cccs1)c1ncc(C(C)=O)s1. The molecule has 90 valence electrons. The molecule has 17 heavy (non-hydrogen) atoms. The predicted molar refractivity (Wildman–Crippen MR) is 73.2 cm³/mol. The average molecular weight is 266 g/mol. The molecule has 0 fully saturated rings. The molecule has 2 heterocycles. The monoisotopic (exact) mass is 266 g/mol. The first-order valence-electron chi connectivity index (χ1n) is 5.44. The Morgan fingerprint density at radius 3 is 2.88 bits per heavy atom. The van der Waals surface area contributed by atoms with Crippen molar-refractivity contribution in [2.75, 3.05) is 11.4 Å². The van der Waals surface area contributed by atoms with Gasteiger partial charge >= 0.3 is 0 Å². The van der Waals surface area contributed by atoms with E-state index < -0.39 is 0 Å². The van der Waals surface area contributed by atoms with Gasteiger partial charge in [-0.05, 0) is 18.4 Å². The molecule has 3 nitrogen and oxygen atoms in total. The molecule has 0 aliphatic heterocycles. The molecular weight excluding hydrogens is 252 g/mol. The Morgan fingerprint density at radius 2 is 2.35 bits per heavy atom. The van der Waals surface area contributed by atoms with Crippen LogP contribution in [0.1, 0.15) is 28.4 Å². The number of thiophene rings is 1. The van der Waals surface area contributed by atoms with Crippen molar-refractivity contribution in [3.63, 3.8) is 0 Å². The highest BCUT2D eigenvalue weighted by atomic mass is 32.1. The van der Waals surface area contributed by atoms with Gasteiger partial charge in [0.15, 0.2) is 10.9 Å². The number of carbonyl (C=O) groups excluding carboxylic acids is 1. The summed E-state index contributed by atoms with van der Waals surface area (Å²) >= 11 is 3.21. The molecule has 0 aromatic carbocycles. The van der Waals surface area contributed by atoms with Crippen LogP contribution in [-0.2, 0) is 6.54 Å². The number of ketones is 1. The van der Waals surface area contributed by atoms with E-state index in [-0.39, 0.29) is 5.78 Å². The van der Waals surface area contributed by atoms with Gasteiger partial charge in [0.2, 0.25) is 0 Å². The highest BCUT2D eigenvalue weighted by molar-refractivity contribution is 7.17. The van der Waals surface area contributed by atoms with E-state index in [1.807, 2.05) is 0 Å². The van der Waals surface area contributed by atoms with Gasteiger partial charge in [0.25, 0.3) is 0 Å². The first-order valence-corrected chi connectivity index (χ1v) is 7.14. The second-order valence-corrected chi connectivity index (χ2v) is 5.70. The number of hydrogen-bond donors (Lipinski definition) is 0. The van der Waals surface area contributed by atoms with Gasteiger partial charge in [0.1, 0.15) is 0 Å². The van der Waals surface area contributed by atoms with Crippen molar-refractivity contribution >= 4 is 33.6 Å². The number of thiazole rings is 1. The highest BCUT2D eigenvalue weighted by Gasteiger charge is 2.12. The van der Waals surface area contributed by atoms with Gasteiger partial charge in [-0.15, -0.1) is 11.3 Å². The number of carbonyl (C=O) groups is 1. The first-order chi connectivity index (χ1) is 8.20. The summed E-state index contributed by atoms with van der Waals surface area (Å²) in [4.78, 5) is 19.8. The Labute approximate surface area is 109 Å². The van der Waals surface area contributed by atoms with Crippen LogP contribution in [0.15, 0.2) is 23.7 Å². The van der Waals surface area contributed by atoms with E-state index in [1.165, 1.54) is 16.2 Å². The van der Waals surface area contributed by atoms with Gasteiger partial charge in [-0.2, -0.15) is 0 Å². The summed E-state index contributed by atoms with van der Waals surface area (Å²) in [5.41, 5.74) is 0. The molecule has 0 saturated carbocycles. The molecule has 0 unspecified atom stereocenters. The van der Waals surface area contributed by atoms with Crippen molar-refractivity contribution in [3.05, 3.63) is 33.5 Å². The van der Waals surface area contributed by atoms with Crippen LogP contribution in [0, 0.1) is 0 Å². The van der Waals surface area contributed by atoms with Crippen molar-refractivity contribution < 1.29 is 4.79 Å². The summed E-state index contributed by atoms with van der Waals surface area (Å²) in [6.07, 6.45) is 1.67. The van der Waals surface area contributed by atoms with Crippen LogP contribution < -0.4 is 4.90 Å². The maximum atomic E-state index is 11.2. The topological polar surface area (TPSA) is 33.2 Å². The fourth-order valence-electron chi connectivity index (χ4n) is 1.48. The third kappa shape index (κ3) is 2.92. The van der Waals surface area contributed by atoms with Crippen LogP contribution in [0.5, 0.6) is 0 Å². The summed E-state index contributed by atoms with van der Waals surface area (Å²) in [7, 11) is 0. The average Bonchev–Trinajstić information content (AvgIpc) is 2.96. The van der Waals surface area contributed by atoms with Crippen molar-refractivity contribution in [1.82, 2.24) is 4.98 Å². The molecule has 0 atom stereocenters. The number of aromatic nitrogens is 1. The lowest BCUT2D eigenvalue weighted by Gasteiger charge is -2.18. The molecule has 0 amide bonds. The quantitative estimate of drug-likeness (QED) is 0.777.